The second-order valence-corrected chi connectivity index (χ2v) is 5.27. The van der Waals surface area contributed by atoms with Gasteiger partial charge < -0.3 is 10.2 Å². The van der Waals surface area contributed by atoms with E-state index < -0.39 is 4.92 Å². The van der Waals surface area contributed by atoms with Crippen molar-refractivity contribution in [1.82, 2.24) is 10.2 Å². The molecule has 1 atom stereocenters. The van der Waals surface area contributed by atoms with Crippen molar-refractivity contribution >= 4 is 11.6 Å². The summed E-state index contributed by atoms with van der Waals surface area (Å²) in [6.07, 6.45) is 0.243. The van der Waals surface area contributed by atoms with Crippen LogP contribution in [0.4, 0.5) is 5.69 Å². The van der Waals surface area contributed by atoms with Gasteiger partial charge in [-0.1, -0.05) is 19.1 Å². The lowest BCUT2D eigenvalue weighted by Crippen LogP contribution is -2.33. The summed E-state index contributed by atoms with van der Waals surface area (Å²) >= 11 is 0. The minimum Gasteiger partial charge on any atom is -0.355 e. The summed E-state index contributed by atoms with van der Waals surface area (Å²) < 4.78 is 0. The zero-order valence-electron chi connectivity index (χ0n) is 12.1. The lowest BCUT2D eigenvalue weighted by Gasteiger charge is -2.17. The molecule has 1 aromatic rings. The third-order valence-electron chi connectivity index (χ3n) is 2.84. The Bertz CT molecular complexity index is 457. The van der Waals surface area contributed by atoms with E-state index in [1.54, 1.807) is 12.1 Å². The number of nitro groups is 1. The van der Waals surface area contributed by atoms with E-state index in [1.807, 2.05) is 14.1 Å². The summed E-state index contributed by atoms with van der Waals surface area (Å²) in [5.41, 5.74) is 0.808. The average Bonchev–Trinajstić information content (AvgIpc) is 2.36. The van der Waals surface area contributed by atoms with Gasteiger partial charge >= 0.3 is 0 Å². The Morgan fingerprint density at radius 2 is 1.95 bits per heavy atom. The first-order valence-corrected chi connectivity index (χ1v) is 6.53. The van der Waals surface area contributed by atoms with Crippen LogP contribution in [0.2, 0.25) is 0 Å². The van der Waals surface area contributed by atoms with Crippen LogP contribution < -0.4 is 5.32 Å². The molecule has 0 aromatic heterocycles. The van der Waals surface area contributed by atoms with Crippen LogP contribution in [-0.2, 0) is 11.2 Å². The number of benzene rings is 1. The van der Waals surface area contributed by atoms with E-state index in [2.05, 4.69) is 17.1 Å². The van der Waals surface area contributed by atoms with Crippen LogP contribution in [-0.4, -0.2) is 42.9 Å². The van der Waals surface area contributed by atoms with Crippen molar-refractivity contribution in [2.75, 3.05) is 27.2 Å². The molecule has 0 saturated carbocycles. The van der Waals surface area contributed by atoms with Crippen molar-refractivity contribution in [1.29, 1.82) is 0 Å². The van der Waals surface area contributed by atoms with E-state index in [0.29, 0.717) is 12.5 Å². The number of nitrogens with one attached hydrogen (secondary N) is 1. The van der Waals surface area contributed by atoms with Crippen molar-refractivity contribution in [3.8, 4) is 0 Å². The molecular weight excluding hydrogens is 258 g/mol. The molecule has 0 fully saturated rings. The van der Waals surface area contributed by atoms with Crippen LogP contribution in [0.15, 0.2) is 24.3 Å². The second kappa shape index (κ2) is 7.59. The number of hydrogen-bond donors (Lipinski definition) is 1. The smallest absolute Gasteiger partial charge is 0.269 e. The van der Waals surface area contributed by atoms with Gasteiger partial charge in [-0.15, -0.1) is 0 Å². The van der Waals surface area contributed by atoms with Crippen LogP contribution in [0.25, 0.3) is 0 Å². The van der Waals surface area contributed by atoms with E-state index in [1.165, 1.54) is 12.1 Å². The number of amides is 1. The fourth-order valence-electron chi connectivity index (χ4n) is 1.96. The maximum atomic E-state index is 11.8. The first-order chi connectivity index (χ1) is 9.38. The number of carbonyl (C=O) groups excluding carboxylic acids is 1. The molecule has 1 aromatic carbocycles. The number of carbonyl (C=O) groups is 1. The van der Waals surface area contributed by atoms with Gasteiger partial charge in [-0.05, 0) is 25.6 Å². The molecule has 0 aliphatic heterocycles. The van der Waals surface area contributed by atoms with E-state index in [0.717, 1.165) is 12.1 Å². The molecule has 6 nitrogen and oxygen atoms in total. The second-order valence-electron chi connectivity index (χ2n) is 5.27. The quantitative estimate of drug-likeness (QED) is 0.605. The number of rotatable bonds is 7. The predicted molar refractivity (Wildman–Crippen MR) is 77.5 cm³/mol. The molecule has 0 saturated heterocycles. The fourth-order valence-corrected chi connectivity index (χ4v) is 1.96. The van der Waals surface area contributed by atoms with Gasteiger partial charge in [-0.25, -0.2) is 0 Å². The Hall–Kier alpha value is -1.95. The lowest BCUT2D eigenvalue weighted by atomic mass is 10.1. The van der Waals surface area contributed by atoms with Crippen LogP contribution in [0.5, 0.6) is 0 Å². The van der Waals surface area contributed by atoms with Crippen molar-refractivity contribution in [2.24, 2.45) is 5.92 Å². The minimum absolute atomic E-state index is 0.0359. The van der Waals surface area contributed by atoms with Gasteiger partial charge in [0.2, 0.25) is 5.91 Å². The molecule has 0 bridgehead atoms. The topological polar surface area (TPSA) is 75.5 Å². The number of hydrogen-bond acceptors (Lipinski definition) is 4. The maximum absolute atomic E-state index is 11.8. The van der Waals surface area contributed by atoms with Crippen LogP contribution in [0.1, 0.15) is 12.5 Å². The predicted octanol–water partition coefficient (Wildman–Crippen LogP) is 1.45. The van der Waals surface area contributed by atoms with Crippen LogP contribution in [0, 0.1) is 16.0 Å². The average molecular weight is 279 g/mol. The molecule has 0 heterocycles. The number of nitrogens with zero attached hydrogens (tertiary/aromatic N) is 2. The van der Waals surface area contributed by atoms with Gasteiger partial charge in [0.25, 0.3) is 5.69 Å². The zero-order chi connectivity index (χ0) is 15.1. The van der Waals surface area contributed by atoms with E-state index in [-0.39, 0.29) is 18.0 Å². The van der Waals surface area contributed by atoms with Gasteiger partial charge in [0.15, 0.2) is 0 Å². The summed E-state index contributed by atoms with van der Waals surface area (Å²) in [5.74, 6) is 0.315. The third kappa shape index (κ3) is 5.79. The zero-order valence-corrected chi connectivity index (χ0v) is 12.1. The Morgan fingerprint density at radius 1 is 1.35 bits per heavy atom. The van der Waals surface area contributed by atoms with Crippen LogP contribution >= 0.6 is 0 Å². The van der Waals surface area contributed by atoms with Gasteiger partial charge in [0.1, 0.15) is 0 Å². The molecular formula is C14H21N3O3. The highest BCUT2D eigenvalue weighted by Crippen LogP contribution is 2.12. The summed E-state index contributed by atoms with van der Waals surface area (Å²) in [6, 6.07) is 6.05. The first kappa shape index (κ1) is 16.1. The summed E-state index contributed by atoms with van der Waals surface area (Å²) in [7, 11) is 3.99. The van der Waals surface area contributed by atoms with Crippen LogP contribution in [0.3, 0.4) is 0 Å². The Labute approximate surface area is 118 Å². The Kier molecular flexibility index (Phi) is 6.11. The molecule has 1 rings (SSSR count). The van der Waals surface area contributed by atoms with Gasteiger partial charge in [0, 0.05) is 25.2 Å². The van der Waals surface area contributed by atoms with Gasteiger partial charge in [-0.3, -0.25) is 14.9 Å². The number of non-ortho nitro benzene ring substituents is 1. The molecule has 20 heavy (non-hydrogen) atoms. The summed E-state index contributed by atoms with van der Waals surface area (Å²) in [6.45, 7) is 3.62. The molecule has 1 unspecified atom stereocenters. The van der Waals surface area contributed by atoms with Gasteiger partial charge in [0.05, 0.1) is 11.3 Å². The molecule has 1 N–H and O–H groups in total. The standard InChI is InChI=1S/C14H21N3O3/c1-11(10-16(2)3)9-15-14(18)8-12-4-6-13(7-5-12)17(19)20/h4-7,11H,8-10H2,1-3H3,(H,15,18). The molecule has 0 spiro atoms. The molecule has 1 amide bonds. The van der Waals surface area contributed by atoms with E-state index in [9.17, 15) is 14.9 Å². The van der Waals surface area contributed by atoms with E-state index in [4.69, 9.17) is 0 Å². The SMILES string of the molecule is CC(CNC(=O)Cc1ccc([N+](=O)[O-])cc1)CN(C)C. The summed E-state index contributed by atoms with van der Waals surface area (Å²) in [5, 5.41) is 13.4. The van der Waals surface area contributed by atoms with Crippen molar-refractivity contribution in [3.63, 3.8) is 0 Å². The Morgan fingerprint density at radius 3 is 2.45 bits per heavy atom. The molecule has 6 heteroatoms. The molecule has 110 valence electrons. The highest BCUT2D eigenvalue weighted by atomic mass is 16.6. The normalized spacial score (nSPS) is 12.2. The van der Waals surface area contributed by atoms with Crippen molar-refractivity contribution in [3.05, 3.63) is 39.9 Å². The molecule has 0 aliphatic rings. The monoisotopic (exact) mass is 279 g/mol. The largest absolute Gasteiger partial charge is 0.355 e. The lowest BCUT2D eigenvalue weighted by molar-refractivity contribution is -0.384. The van der Waals surface area contributed by atoms with Crippen molar-refractivity contribution < 1.29 is 9.72 Å². The van der Waals surface area contributed by atoms with E-state index >= 15 is 0 Å². The molecule has 0 aliphatic carbocycles. The third-order valence-corrected chi connectivity index (χ3v) is 2.84. The highest BCUT2D eigenvalue weighted by molar-refractivity contribution is 5.78. The summed E-state index contributed by atoms with van der Waals surface area (Å²) in [4.78, 5) is 23.9. The minimum atomic E-state index is -0.452. The fraction of sp³-hybridized carbons (Fsp3) is 0.500. The maximum Gasteiger partial charge on any atom is 0.269 e. The Balaban J connectivity index is 2.40. The molecule has 0 radical (unpaired) electrons. The number of nitro benzene ring substituents is 1. The van der Waals surface area contributed by atoms with Crippen molar-refractivity contribution in [2.45, 2.75) is 13.3 Å². The van der Waals surface area contributed by atoms with Gasteiger partial charge in [-0.2, -0.15) is 0 Å². The first-order valence-electron chi connectivity index (χ1n) is 6.53. The highest BCUT2D eigenvalue weighted by Gasteiger charge is 2.09.